The normalized spacial score (nSPS) is 8.11. The van der Waals surface area contributed by atoms with Crippen LogP contribution in [0.3, 0.4) is 0 Å². The standard InChI is InChI=1S/C5H8N2O.ClH/c1-2-8-5-6-3-4-7-5;/h3-4H,2H2,1H3,(H,6,7);1H. The molecule has 0 fully saturated rings. The van der Waals surface area contributed by atoms with Crippen LogP contribution in [0.1, 0.15) is 6.92 Å². The molecule has 1 heterocycles. The predicted molar refractivity (Wildman–Crippen MR) is 37.0 cm³/mol. The van der Waals surface area contributed by atoms with E-state index in [9.17, 15) is 0 Å². The molecule has 0 aromatic carbocycles. The van der Waals surface area contributed by atoms with E-state index in [1.807, 2.05) is 6.92 Å². The Morgan fingerprint density at radius 3 is 3.00 bits per heavy atom. The highest BCUT2D eigenvalue weighted by molar-refractivity contribution is 5.85. The van der Waals surface area contributed by atoms with E-state index in [1.165, 1.54) is 0 Å². The summed E-state index contributed by atoms with van der Waals surface area (Å²) in [5, 5.41) is 0. The average Bonchev–Trinajstić information content (AvgIpc) is 2.19. The van der Waals surface area contributed by atoms with E-state index in [0.717, 1.165) is 0 Å². The van der Waals surface area contributed by atoms with Gasteiger partial charge in [0.05, 0.1) is 6.61 Å². The molecule has 0 spiro atoms. The highest BCUT2D eigenvalue weighted by atomic mass is 35.5. The van der Waals surface area contributed by atoms with Gasteiger partial charge in [0.1, 0.15) is 0 Å². The molecule has 0 aliphatic rings. The van der Waals surface area contributed by atoms with Crippen molar-refractivity contribution in [2.75, 3.05) is 6.61 Å². The number of hydrogen-bond donors (Lipinski definition) is 1. The van der Waals surface area contributed by atoms with Gasteiger partial charge in [0, 0.05) is 12.4 Å². The van der Waals surface area contributed by atoms with Crippen molar-refractivity contribution >= 4 is 12.4 Å². The van der Waals surface area contributed by atoms with Crippen LogP contribution in [0.25, 0.3) is 0 Å². The van der Waals surface area contributed by atoms with Crippen molar-refractivity contribution in [2.45, 2.75) is 6.92 Å². The van der Waals surface area contributed by atoms with Crippen molar-refractivity contribution in [3.8, 4) is 6.01 Å². The first-order valence-corrected chi connectivity index (χ1v) is 2.55. The molecular formula is C5H9ClN2O. The summed E-state index contributed by atoms with van der Waals surface area (Å²) in [6, 6.07) is 0.590. The SMILES string of the molecule is CCOc1ncc[nH]1.Cl. The third-order valence-electron chi connectivity index (χ3n) is 0.754. The van der Waals surface area contributed by atoms with Crippen LogP contribution in [0.15, 0.2) is 12.4 Å². The van der Waals surface area contributed by atoms with E-state index >= 15 is 0 Å². The van der Waals surface area contributed by atoms with Crippen LogP contribution in [-0.4, -0.2) is 16.6 Å². The number of halogens is 1. The van der Waals surface area contributed by atoms with Gasteiger partial charge in [-0.3, -0.25) is 0 Å². The molecule has 0 saturated carbocycles. The van der Waals surface area contributed by atoms with Gasteiger partial charge in [0.25, 0.3) is 6.01 Å². The van der Waals surface area contributed by atoms with Gasteiger partial charge in [0.15, 0.2) is 0 Å². The predicted octanol–water partition coefficient (Wildman–Crippen LogP) is 1.23. The van der Waals surface area contributed by atoms with Crippen molar-refractivity contribution in [3.63, 3.8) is 0 Å². The summed E-state index contributed by atoms with van der Waals surface area (Å²) in [5.41, 5.74) is 0. The maximum atomic E-state index is 4.98. The van der Waals surface area contributed by atoms with E-state index in [-0.39, 0.29) is 12.4 Å². The molecule has 1 aromatic rings. The van der Waals surface area contributed by atoms with Gasteiger partial charge in [-0.2, -0.15) is 0 Å². The second-order valence-corrected chi connectivity index (χ2v) is 1.33. The number of nitrogens with one attached hydrogen (secondary N) is 1. The third kappa shape index (κ3) is 2.37. The topological polar surface area (TPSA) is 37.9 Å². The molecule has 52 valence electrons. The van der Waals surface area contributed by atoms with Crippen molar-refractivity contribution in [3.05, 3.63) is 12.4 Å². The maximum absolute atomic E-state index is 4.98. The second kappa shape index (κ2) is 4.21. The minimum atomic E-state index is 0. The van der Waals surface area contributed by atoms with Crippen LogP contribution >= 0.6 is 12.4 Å². The van der Waals surface area contributed by atoms with Gasteiger partial charge in [-0.05, 0) is 6.92 Å². The van der Waals surface area contributed by atoms with E-state index in [4.69, 9.17) is 4.74 Å². The number of rotatable bonds is 2. The molecule has 0 bridgehead atoms. The maximum Gasteiger partial charge on any atom is 0.293 e. The second-order valence-electron chi connectivity index (χ2n) is 1.33. The molecular weight excluding hydrogens is 140 g/mol. The van der Waals surface area contributed by atoms with E-state index in [2.05, 4.69) is 9.97 Å². The van der Waals surface area contributed by atoms with Gasteiger partial charge in [0.2, 0.25) is 0 Å². The van der Waals surface area contributed by atoms with Gasteiger partial charge >= 0.3 is 0 Å². The number of aromatic nitrogens is 2. The van der Waals surface area contributed by atoms with E-state index in [0.29, 0.717) is 12.6 Å². The summed E-state index contributed by atoms with van der Waals surface area (Å²) < 4.78 is 4.98. The number of nitrogens with zero attached hydrogens (tertiary/aromatic N) is 1. The Morgan fingerprint density at radius 2 is 2.56 bits per heavy atom. The minimum absolute atomic E-state index is 0. The lowest BCUT2D eigenvalue weighted by Gasteiger charge is -1.92. The molecule has 3 nitrogen and oxygen atoms in total. The van der Waals surface area contributed by atoms with Gasteiger partial charge in [-0.25, -0.2) is 4.98 Å². The number of imidazole rings is 1. The number of aromatic amines is 1. The van der Waals surface area contributed by atoms with Crippen molar-refractivity contribution in [2.24, 2.45) is 0 Å². The van der Waals surface area contributed by atoms with Crippen LogP contribution in [-0.2, 0) is 0 Å². The molecule has 0 unspecified atom stereocenters. The van der Waals surface area contributed by atoms with Crippen LogP contribution < -0.4 is 4.74 Å². The molecule has 0 amide bonds. The number of ether oxygens (including phenoxy) is 1. The Labute approximate surface area is 59.9 Å². The average molecular weight is 149 g/mol. The fraction of sp³-hybridized carbons (Fsp3) is 0.400. The Hall–Kier alpha value is -0.700. The lowest BCUT2D eigenvalue weighted by molar-refractivity contribution is 0.316. The van der Waals surface area contributed by atoms with Crippen LogP contribution in [0.4, 0.5) is 0 Å². The summed E-state index contributed by atoms with van der Waals surface area (Å²) in [7, 11) is 0. The molecule has 0 aliphatic heterocycles. The summed E-state index contributed by atoms with van der Waals surface area (Å²) in [6.45, 7) is 2.58. The third-order valence-corrected chi connectivity index (χ3v) is 0.754. The lowest BCUT2D eigenvalue weighted by Crippen LogP contribution is -1.91. The number of H-pyrrole nitrogens is 1. The van der Waals surface area contributed by atoms with Crippen LogP contribution in [0, 0.1) is 0 Å². The first-order chi connectivity index (χ1) is 3.93. The van der Waals surface area contributed by atoms with Crippen molar-refractivity contribution < 1.29 is 4.74 Å². The molecule has 0 atom stereocenters. The Bertz CT molecular complexity index is 141. The fourth-order valence-electron chi connectivity index (χ4n) is 0.466. The zero-order valence-corrected chi connectivity index (χ0v) is 5.94. The van der Waals surface area contributed by atoms with E-state index < -0.39 is 0 Å². The Morgan fingerprint density at radius 1 is 1.78 bits per heavy atom. The highest BCUT2D eigenvalue weighted by Gasteiger charge is 1.87. The molecule has 9 heavy (non-hydrogen) atoms. The quantitative estimate of drug-likeness (QED) is 0.685. The first kappa shape index (κ1) is 8.30. The van der Waals surface area contributed by atoms with Gasteiger partial charge < -0.3 is 9.72 Å². The summed E-state index contributed by atoms with van der Waals surface area (Å²) in [6.07, 6.45) is 3.38. The Kier molecular flexibility index (Phi) is 3.88. The molecule has 0 radical (unpaired) electrons. The van der Waals surface area contributed by atoms with Gasteiger partial charge in [-0.1, -0.05) is 0 Å². The summed E-state index contributed by atoms with van der Waals surface area (Å²) in [4.78, 5) is 6.63. The van der Waals surface area contributed by atoms with E-state index in [1.54, 1.807) is 12.4 Å². The zero-order valence-electron chi connectivity index (χ0n) is 5.13. The van der Waals surface area contributed by atoms with Gasteiger partial charge in [-0.15, -0.1) is 12.4 Å². The summed E-state index contributed by atoms with van der Waals surface area (Å²) in [5.74, 6) is 0. The first-order valence-electron chi connectivity index (χ1n) is 2.55. The number of hydrogen-bond acceptors (Lipinski definition) is 2. The molecule has 0 aliphatic carbocycles. The monoisotopic (exact) mass is 148 g/mol. The van der Waals surface area contributed by atoms with Crippen molar-refractivity contribution in [1.82, 2.24) is 9.97 Å². The smallest absolute Gasteiger partial charge is 0.293 e. The lowest BCUT2D eigenvalue weighted by atomic mass is 10.9. The fourth-order valence-corrected chi connectivity index (χ4v) is 0.466. The molecule has 0 saturated heterocycles. The van der Waals surface area contributed by atoms with Crippen molar-refractivity contribution in [1.29, 1.82) is 0 Å². The Balaban J connectivity index is 0.000000640. The zero-order chi connectivity index (χ0) is 5.82. The molecule has 4 heteroatoms. The van der Waals surface area contributed by atoms with Crippen LogP contribution in [0.2, 0.25) is 0 Å². The molecule has 1 N–H and O–H groups in total. The molecule has 1 rings (SSSR count). The van der Waals surface area contributed by atoms with Crippen LogP contribution in [0.5, 0.6) is 6.01 Å². The highest BCUT2D eigenvalue weighted by Crippen LogP contribution is 1.96. The summed E-state index contributed by atoms with van der Waals surface area (Å²) >= 11 is 0. The minimum Gasteiger partial charge on any atom is -0.465 e. The largest absolute Gasteiger partial charge is 0.465 e. The molecule has 1 aromatic heterocycles.